The van der Waals surface area contributed by atoms with Crippen LogP contribution in [-0.2, 0) is 25.7 Å². The van der Waals surface area contributed by atoms with Gasteiger partial charge in [0.05, 0.1) is 6.54 Å². The summed E-state index contributed by atoms with van der Waals surface area (Å²) in [7, 11) is 0. The fourth-order valence-corrected chi connectivity index (χ4v) is 7.11. The lowest BCUT2D eigenvalue weighted by molar-refractivity contribution is -0.144. The molecule has 1 fully saturated rings. The first kappa shape index (κ1) is 35.4. The van der Waals surface area contributed by atoms with Crippen molar-refractivity contribution in [3.8, 4) is 11.4 Å². The first-order chi connectivity index (χ1) is 23.7. The van der Waals surface area contributed by atoms with E-state index in [1.54, 1.807) is 30.3 Å². The van der Waals surface area contributed by atoms with Gasteiger partial charge in [-0.3, -0.25) is 19.2 Å². The molecule has 1 unspecified atom stereocenters. The Morgan fingerprint density at radius 2 is 1.55 bits per heavy atom. The summed E-state index contributed by atoms with van der Waals surface area (Å²) in [5, 5.41) is 12.0. The van der Waals surface area contributed by atoms with E-state index in [1.807, 2.05) is 36.7 Å². The number of aromatic nitrogens is 2. The molecule has 2 aromatic carbocycles. The number of para-hydroxylation sites is 1. The van der Waals surface area contributed by atoms with Crippen molar-refractivity contribution >= 4 is 35.0 Å². The van der Waals surface area contributed by atoms with Crippen LogP contribution in [0.25, 0.3) is 17.0 Å². The van der Waals surface area contributed by atoms with E-state index >= 15 is 0 Å². The highest BCUT2D eigenvalue weighted by Crippen LogP contribution is 2.41. The molecule has 0 radical (unpaired) electrons. The highest BCUT2D eigenvalue weighted by atomic mass is 16.4. The predicted octanol–water partition coefficient (Wildman–Crippen LogP) is 6.13. The largest absolute Gasteiger partial charge is 0.480 e. The minimum atomic E-state index is -1.17. The maximum atomic E-state index is 13.0. The van der Waals surface area contributed by atoms with Gasteiger partial charge in [-0.2, -0.15) is 0 Å². The van der Waals surface area contributed by atoms with Crippen molar-refractivity contribution in [1.82, 2.24) is 20.2 Å². The van der Waals surface area contributed by atoms with Crippen LogP contribution in [0.15, 0.2) is 73.1 Å². The molecule has 2 N–H and O–H groups in total. The zero-order valence-electron chi connectivity index (χ0n) is 28.5. The fraction of sp³-hybridized carbons (Fsp3) is 0.436. The second-order valence-electron chi connectivity index (χ2n) is 13.3. The maximum Gasteiger partial charge on any atom is 0.323 e. The number of aliphatic carboxylic acids is 1. The van der Waals surface area contributed by atoms with Gasteiger partial charge < -0.3 is 20.2 Å². The van der Waals surface area contributed by atoms with Gasteiger partial charge in [0.15, 0.2) is 5.82 Å². The number of carboxylic acids is 1. The van der Waals surface area contributed by atoms with Gasteiger partial charge in [-0.05, 0) is 73.1 Å². The van der Waals surface area contributed by atoms with Gasteiger partial charge >= 0.3 is 5.97 Å². The van der Waals surface area contributed by atoms with Gasteiger partial charge in [0.1, 0.15) is 13.1 Å². The third-order valence-corrected chi connectivity index (χ3v) is 10.1. The normalized spacial score (nSPS) is 19.0. The smallest absolute Gasteiger partial charge is 0.323 e. The number of benzene rings is 2. The molecule has 0 saturated heterocycles. The Balaban J connectivity index is 1.14. The minimum Gasteiger partial charge on any atom is -0.480 e. The minimum absolute atomic E-state index is 0.0415. The number of anilines is 1. The van der Waals surface area contributed by atoms with E-state index in [4.69, 9.17) is 0 Å². The summed E-state index contributed by atoms with van der Waals surface area (Å²) in [6.07, 6.45) is 16.5. The van der Waals surface area contributed by atoms with Gasteiger partial charge in [0, 0.05) is 42.7 Å². The molecule has 10 nitrogen and oxygen atoms in total. The Morgan fingerprint density at radius 3 is 2.14 bits per heavy atom. The highest BCUT2D eigenvalue weighted by Gasteiger charge is 2.28. The van der Waals surface area contributed by atoms with Crippen molar-refractivity contribution < 1.29 is 24.3 Å². The molecular formula is C39H47N5O5. The van der Waals surface area contributed by atoms with Crippen LogP contribution in [0, 0.1) is 17.8 Å². The van der Waals surface area contributed by atoms with Crippen LogP contribution >= 0.6 is 0 Å². The lowest BCUT2D eigenvalue weighted by Gasteiger charge is -2.35. The second kappa shape index (κ2) is 17.0. The van der Waals surface area contributed by atoms with Crippen LogP contribution in [0.5, 0.6) is 0 Å². The molecule has 5 rings (SSSR count). The molecule has 2 aliphatic carbocycles. The molecule has 1 heterocycles. The maximum absolute atomic E-state index is 13.0. The third-order valence-electron chi connectivity index (χ3n) is 10.1. The molecular weight excluding hydrogens is 618 g/mol. The summed E-state index contributed by atoms with van der Waals surface area (Å²) in [6, 6.07) is 16.1. The lowest BCUT2D eigenvalue weighted by atomic mass is 9.71. The van der Waals surface area contributed by atoms with E-state index in [-0.39, 0.29) is 19.0 Å². The molecule has 3 aromatic rings. The van der Waals surface area contributed by atoms with Crippen molar-refractivity contribution in [3.63, 3.8) is 0 Å². The van der Waals surface area contributed by atoms with Crippen LogP contribution in [0.4, 0.5) is 5.69 Å². The third kappa shape index (κ3) is 9.84. The van der Waals surface area contributed by atoms with E-state index in [0.717, 1.165) is 47.3 Å². The van der Waals surface area contributed by atoms with E-state index in [0.29, 0.717) is 11.5 Å². The average Bonchev–Trinajstić information content (AvgIpc) is 3.13. The lowest BCUT2D eigenvalue weighted by Crippen LogP contribution is -2.45. The number of hydrogen-bond donors (Lipinski definition) is 2. The zero-order valence-corrected chi connectivity index (χ0v) is 28.5. The molecule has 0 spiro atoms. The molecule has 0 bridgehead atoms. The molecule has 3 amide bonds. The summed E-state index contributed by atoms with van der Waals surface area (Å²) < 4.78 is 0. The standard InChI is InChI=1S/C39H47N5O5/c1-3-28-9-13-30(14-10-28)31-17-19-32(20-18-31)34-21-41-39(42-22-34)33-15-11-29(12-16-33)24-43(26-38(48)49)37(47)23-40-36(46)25-44(27(2)45)35-7-5-4-6-8-35/h4-8,11-12,15-16,19,21-22,28,30-31H,3,9-10,13-14,17-18,20,23-26H2,1-2H3,(H,40,46)(H,48,49). The van der Waals surface area contributed by atoms with Crippen LogP contribution in [0.2, 0.25) is 0 Å². The van der Waals surface area contributed by atoms with Crippen LogP contribution in [0.3, 0.4) is 0 Å². The van der Waals surface area contributed by atoms with Gasteiger partial charge in [0.2, 0.25) is 17.7 Å². The number of carbonyl (C=O) groups excluding carboxylic acids is 3. The van der Waals surface area contributed by atoms with Crippen molar-refractivity contribution in [2.75, 3.05) is 24.5 Å². The summed E-state index contributed by atoms with van der Waals surface area (Å²) in [4.78, 5) is 61.0. The van der Waals surface area contributed by atoms with E-state index in [9.17, 15) is 24.3 Å². The topological polar surface area (TPSA) is 133 Å². The Kier molecular flexibility index (Phi) is 12.3. The van der Waals surface area contributed by atoms with Gasteiger partial charge in [-0.25, -0.2) is 9.97 Å². The first-order valence-corrected chi connectivity index (χ1v) is 17.4. The van der Waals surface area contributed by atoms with E-state index < -0.39 is 30.9 Å². The van der Waals surface area contributed by atoms with Gasteiger partial charge in [0.25, 0.3) is 0 Å². The van der Waals surface area contributed by atoms with Crippen LogP contribution < -0.4 is 10.2 Å². The Morgan fingerprint density at radius 1 is 0.857 bits per heavy atom. The first-order valence-electron chi connectivity index (χ1n) is 17.4. The summed E-state index contributed by atoms with van der Waals surface area (Å²) in [6.45, 7) is 2.52. The van der Waals surface area contributed by atoms with Crippen LogP contribution in [-0.4, -0.2) is 63.3 Å². The number of rotatable bonds is 13. The number of allylic oxidation sites excluding steroid dienone is 2. The molecule has 49 heavy (non-hydrogen) atoms. The number of nitrogens with zero attached hydrogens (tertiary/aromatic N) is 4. The molecule has 258 valence electrons. The van der Waals surface area contributed by atoms with Crippen LogP contribution in [0.1, 0.15) is 76.3 Å². The van der Waals surface area contributed by atoms with Gasteiger partial charge in [-0.1, -0.05) is 74.7 Å². The molecule has 0 aliphatic heterocycles. The van der Waals surface area contributed by atoms with Crippen molar-refractivity contribution in [1.29, 1.82) is 0 Å². The van der Waals surface area contributed by atoms with Crippen molar-refractivity contribution in [2.24, 2.45) is 17.8 Å². The number of nitrogens with one attached hydrogen (secondary N) is 1. The van der Waals surface area contributed by atoms with Crippen molar-refractivity contribution in [3.05, 3.63) is 84.2 Å². The molecule has 1 saturated carbocycles. The highest BCUT2D eigenvalue weighted by molar-refractivity contribution is 5.98. The monoisotopic (exact) mass is 665 g/mol. The SMILES string of the molecule is CCC1CCC(C2CC=C(c3cnc(-c4ccc(CN(CC(=O)O)C(=O)CNC(=O)CN(C(C)=O)c5ccccc5)cc4)nc3)CC2)CC1. The van der Waals surface area contributed by atoms with E-state index in [1.165, 1.54) is 60.8 Å². The zero-order chi connectivity index (χ0) is 34.8. The van der Waals surface area contributed by atoms with E-state index in [2.05, 4.69) is 28.3 Å². The van der Waals surface area contributed by atoms with Gasteiger partial charge in [-0.15, -0.1) is 0 Å². The summed E-state index contributed by atoms with van der Waals surface area (Å²) in [5.41, 5.74) is 4.48. The number of carboxylic acid groups (broad SMARTS) is 1. The van der Waals surface area contributed by atoms with Crippen molar-refractivity contribution in [2.45, 2.75) is 71.8 Å². The number of carbonyl (C=O) groups is 4. The Hall–Kier alpha value is -4.86. The fourth-order valence-electron chi connectivity index (χ4n) is 7.11. The second-order valence-corrected chi connectivity index (χ2v) is 13.3. The summed E-state index contributed by atoms with van der Waals surface area (Å²) in [5.74, 6) is 0.606. The Bertz CT molecular complexity index is 1620. The molecule has 10 heteroatoms. The quantitative estimate of drug-likeness (QED) is 0.225. The Labute approximate surface area is 288 Å². The molecule has 1 atom stereocenters. The predicted molar refractivity (Wildman–Crippen MR) is 189 cm³/mol. The molecule has 1 aromatic heterocycles. The molecule has 2 aliphatic rings. The summed E-state index contributed by atoms with van der Waals surface area (Å²) >= 11 is 0. The average molecular weight is 666 g/mol. The number of amides is 3. The number of hydrogen-bond acceptors (Lipinski definition) is 6.